The highest BCUT2D eigenvalue weighted by Gasteiger charge is 2.18. The molecule has 0 aliphatic carbocycles. The van der Waals surface area contributed by atoms with E-state index in [2.05, 4.69) is 4.72 Å². The lowest BCUT2D eigenvalue weighted by molar-refractivity contribution is -0.136. The summed E-state index contributed by atoms with van der Waals surface area (Å²) in [5.74, 6) is -0.998. The summed E-state index contributed by atoms with van der Waals surface area (Å²) in [5, 5.41) is 9.23. The molecule has 1 aromatic heterocycles. The zero-order valence-electron chi connectivity index (χ0n) is 11.0. The molecule has 0 bridgehead atoms. The number of rotatable bonds is 5. The second kappa shape index (κ2) is 6.05. The van der Waals surface area contributed by atoms with Gasteiger partial charge in [-0.2, -0.15) is 0 Å². The topological polar surface area (TPSA) is 83.5 Å². The van der Waals surface area contributed by atoms with Gasteiger partial charge in [0.15, 0.2) is 0 Å². The Kier molecular flexibility index (Phi) is 4.55. The summed E-state index contributed by atoms with van der Waals surface area (Å²) in [4.78, 5) is 11.1. The number of carbonyl (C=O) groups is 1. The molecule has 2 rings (SSSR count). The predicted octanol–water partition coefficient (Wildman–Crippen LogP) is 3.14. The first-order chi connectivity index (χ1) is 9.78. The number of hydrogen-bond donors (Lipinski definition) is 2. The summed E-state index contributed by atoms with van der Waals surface area (Å²) in [5.41, 5.74) is 1.14. The van der Waals surface area contributed by atoms with Crippen LogP contribution in [0.15, 0.2) is 34.5 Å². The lowest BCUT2D eigenvalue weighted by atomic mass is 10.2. The van der Waals surface area contributed by atoms with Crippen molar-refractivity contribution < 1.29 is 18.3 Å². The molecule has 0 saturated heterocycles. The second-order valence-corrected chi connectivity index (χ2v) is 7.87. The summed E-state index contributed by atoms with van der Waals surface area (Å²) in [6.45, 7) is 1.74. The summed E-state index contributed by atoms with van der Waals surface area (Å²) in [6.07, 6.45) is -0.194. The van der Waals surface area contributed by atoms with E-state index in [1.807, 2.05) is 0 Å². The van der Waals surface area contributed by atoms with Gasteiger partial charge in [-0.05, 0) is 42.8 Å². The predicted molar refractivity (Wildman–Crippen MR) is 82.7 cm³/mol. The number of halogens is 1. The van der Waals surface area contributed by atoms with Crippen molar-refractivity contribution in [3.8, 4) is 0 Å². The van der Waals surface area contributed by atoms with Gasteiger partial charge in [0.25, 0.3) is 10.0 Å². The number of aryl methyl sites for hydroxylation is 1. The molecule has 1 aromatic carbocycles. The molecule has 2 N–H and O–H groups in total. The highest BCUT2D eigenvalue weighted by atomic mass is 35.5. The van der Waals surface area contributed by atoms with Crippen molar-refractivity contribution in [1.82, 2.24) is 0 Å². The Bertz CT molecular complexity index is 783. The Morgan fingerprint density at radius 3 is 2.67 bits per heavy atom. The molecule has 5 nitrogen and oxygen atoms in total. The Hall–Kier alpha value is -1.57. The highest BCUT2D eigenvalue weighted by molar-refractivity contribution is 7.94. The molecule has 21 heavy (non-hydrogen) atoms. The van der Waals surface area contributed by atoms with Crippen molar-refractivity contribution in [2.75, 3.05) is 4.72 Å². The number of carboxylic acids is 1. The Morgan fingerprint density at radius 2 is 2.05 bits per heavy atom. The maximum Gasteiger partial charge on any atom is 0.308 e. The fourth-order valence-electron chi connectivity index (χ4n) is 1.68. The third-order valence-electron chi connectivity index (χ3n) is 2.66. The summed E-state index contributed by atoms with van der Waals surface area (Å²) >= 11 is 6.77. The van der Waals surface area contributed by atoms with Gasteiger partial charge < -0.3 is 5.11 Å². The maximum absolute atomic E-state index is 12.3. The van der Waals surface area contributed by atoms with E-state index >= 15 is 0 Å². The van der Waals surface area contributed by atoms with Crippen LogP contribution in [-0.4, -0.2) is 19.5 Å². The molecular formula is C13H12ClNO4S2. The van der Waals surface area contributed by atoms with Crippen LogP contribution in [0.4, 0.5) is 5.69 Å². The molecule has 112 valence electrons. The van der Waals surface area contributed by atoms with E-state index in [1.165, 1.54) is 12.1 Å². The lowest BCUT2D eigenvalue weighted by Gasteiger charge is -2.09. The highest BCUT2D eigenvalue weighted by Crippen LogP contribution is 2.26. The normalized spacial score (nSPS) is 11.3. The number of hydrogen-bond acceptors (Lipinski definition) is 4. The first-order valence-electron chi connectivity index (χ1n) is 5.87. The second-order valence-electron chi connectivity index (χ2n) is 4.36. The van der Waals surface area contributed by atoms with Gasteiger partial charge in [0, 0.05) is 9.90 Å². The molecular weight excluding hydrogens is 334 g/mol. The lowest BCUT2D eigenvalue weighted by Crippen LogP contribution is -2.12. The molecule has 0 aliphatic heterocycles. The van der Waals surface area contributed by atoms with Crippen LogP contribution >= 0.6 is 22.9 Å². The van der Waals surface area contributed by atoms with Gasteiger partial charge in [-0.1, -0.05) is 11.6 Å². The molecule has 0 saturated carbocycles. The SMILES string of the molecule is Cc1cc(Cl)ccc1NS(=O)(=O)c1ccc(CC(=O)O)s1. The Balaban J connectivity index is 2.25. The van der Waals surface area contributed by atoms with E-state index in [1.54, 1.807) is 25.1 Å². The van der Waals surface area contributed by atoms with Gasteiger partial charge in [-0.3, -0.25) is 9.52 Å². The number of anilines is 1. The zero-order chi connectivity index (χ0) is 15.6. The monoisotopic (exact) mass is 345 g/mol. The number of benzene rings is 1. The number of carboxylic acid groups (broad SMARTS) is 1. The number of aliphatic carboxylic acids is 1. The minimum Gasteiger partial charge on any atom is -0.481 e. The summed E-state index contributed by atoms with van der Waals surface area (Å²) in [6, 6.07) is 7.74. The van der Waals surface area contributed by atoms with E-state index < -0.39 is 16.0 Å². The fourth-order valence-corrected chi connectivity index (χ4v) is 4.39. The van der Waals surface area contributed by atoms with Crippen LogP contribution in [0.2, 0.25) is 5.02 Å². The van der Waals surface area contributed by atoms with E-state index in [-0.39, 0.29) is 10.6 Å². The van der Waals surface area contributed by atoms with Crippen molar-refractivity contribution in [2.24, 2.45) is 0 Å². The zero-order valence-corrected chi connectivity index (χ0v) is 13.3. The van der Waals surface area contributed by atoms with E-state index in [0.29, 0.717) is 21.2 Å². The molecule has 8 heteroatoms. The Labute approximate surface area is 131 Å². The van der Waals surface area contributed by atoms with Gasteiger partial charge in [-0.25, -0.2) is 8.42 Å². The van der Waals surface area contributed by atoms with Crippen LogP contribution in [0.25, 0.3) is 0 Å². The molecule has 0 radical (unpaired) electrons. The van der Waals surface area contributed by atoms with Crippen LogP contribution in [0.5, 0.6) is 0 Å². The van der Waals surface area contributed by atoms with Crippen LogP contribution in [0.1, 0.15) is 10.4 Å². The van der Waals surface area contributed by atoms with Crippen LogP contribution in [0.3, 0.4) is 0 Å². The standard InChI is InChI=1S/C13H12ClNO4S2/c1-8-6-9(14)2-4-11(8)15-21(18,19)13-5-3-10(20-13)7-12(16)17/h2-6,15H,7H2,1H3,(H,16,17). The van der Waals surface area contributed by atoms with Gasteiger partial charge >= 0.3 is 5.97 Å². The fraction of sp³-hybridized carbons (Fsp3) is 0.154. The first kappa shape index (κ1) is 15.8. The number of thiophene rings is 1. The van der Waals surface area contributed by atoms with E-state index in [0.717, 1.165) is 11.3 Å². The number of sulfonamides is 1. The molecule has 0 unspecified atom stereocenters. The third kappa shape index (κ3) is 3.96. The average molecular weight is 346 g/mol. The molecule has 0 spiro atoms. The van der Waals surface area contributed by atoms with E-state index in [9.17, 15) is 13.2 Å². The maximum atomic E-state index is 12.3. The third-order valence-corrected chi connectivity index (χ3v) is 5.84. The largest absolute Gasteiger partial charge is 0.481 e. The van der Waals surface area contributed by atoms with Crippen LogP contribution in [0, 0.1) is 6.92 Å². The van der Waals surface area contributed by atoms with Crippen LogP contribution < -0.4 is 4.72 Å². The summed E-state index contributed by atoms with van der Waals surface area (Å²) in [7, 11) is -3.73. The van der Waals surface area contributed by atoms with Gasteiger partial charge in [0.2, 0.25) is 0 Å². The smallest absolute Gasteiger partial charge is 0.308 e. The van der Waals surface area contributed by atoms with Gasteiger partial charge in [-0.15, -0.1) is 11.3 Å². The van der Waals surface area contributed by atoms with Gasteiger partial charge in [0.05, 0.1) is 12.1 Å². The van der Waals surface area contributed by atoms with Gasteiger partial charge in [0.1, 0.15) is 4.21 Å². The van der Waals surface area contributed by atoms with Crippen molar-refractivity contribution >= 4 is 44.6 Å². The van der Waals surface area contributed by atoms with Crippen molar-refractivity contribution in [1.29, 1.82) is 0 Å². The first-order valence-corrected chi connectivity index (χ1v) is 8.55. The Morgan fingerprint density at radius 1 is 1.33 bits per heavy atom. The van der Waals surface area contributed by atoms with Crippen molar-refractivity contribution in [2.45, 2.75) is 17.6 Å². The minimum atomic E-state index is -3.73. The summed E-state index contributed by atoms with van der Waals surface area (Å²) < 4.78 is 27.1. The minimum absolute atomic E-state index is 0.0769. The van der Waals surface area contributed by atoms with E-state index in [4.69, 9.17) is 16.7 Å². The van der Waals surface area contributed by atoms with Crippen molar-refractivity contribution in [3.63, 3.8) is 0 Å². The molecule has 2 aromatic rings. The molecule has 0 fully saturated rings. The molecule has 0 amide bonds. The number of nitrogens with one attached hydrogen (secondary N) is 1. The molecule has 0 atom stereocenters. The van der Waals surface area contributed by atoms with Crippen LogP contribution in [-0.2, 0) is 21.2 Å². The quantitative estimate of drug-likeness (QED) is 0.872. The average Bonchev–Trinajstić information content (AvgIpc) is 2.81. The molecule has 0 aliphatic rings. The van der Waals surface area contributed by atoms with Crippen molar-refractivity contribution in [3.05, 3.63) is 45.8 Å². The molecule has 1 heterocycles.